The van der Waals surface area contributed by atoms with E-state index in [4.69, 9.17) is 25.5 Å². The average molecular weight is 593 g/mol. The molecule has 0 fully saturated rings. The van der Waals surface area contributed by atoms with Crippen LogP contribution in [-0.2, 0) is 9.53 Å². The number of carbonyl (C=O) groups excluding carboxylic acids is 1. The number of carbonyl (C=O) groups is 2. The summed E-state index contributed by atoms with van der Waals surface area (Å²) in [6.45, 7) is 4.17. The van der Waals surface area contributed by atoms with Crippen LogP contribution >= 0.6 is 22.9 Å². The van der Waals surface area contributed by atoms with E-state index >= 15 is 0 Å². The lowest BCUT2D eigenvalue weighted by atomic mass is 9.95. The molecule has 5 rings (SSSR count). The largest absolute Gasteiger partial charge is 0.493 e. The van der Waals surface area contributed by atoms with Crippen LogP contribution in [0.5, 0.6) is 5.75 Å². The minimum atomic E-state index is -1.15. The number of hydrogen-bond acceptors (Lipinski definition) is 8. The monoisotopic (exact) mass is 592 g/mol. The van der Waals surface area contributed by atoms with Gasteiger partial charge in [-0.15, -0.1) is 0 Å². The first kappa shape index (κ1) is 28.1. The standard InChI is InChI=1S/C30H25ClN2O7S/c1-4-13-39-23-8-6-5-7-19(23)26-25(29(37)38-3)16(2)32-30-33(26)27(34)24(41-30)15-18-10-12-22(40-18)17-9-11-21(31)20(14-17)28(35)36/h5-12,14-15,26H,4,13H2,1-3H3,(H,35,36)/b24-15+/t26-/m1/s1. The minimum absolute atomic E-state index is 0.0459. The van der Waals surface area contributed by atoms with Gasteiger partial charge in [-0.2, -0.15) is 0 Å². The van der Waals surface area contributed by atoms with Gasteiger partial charge in [0.25, 0.3) is 5.56 Å². The van der Waals surface area contributed by atoms with Gasteiger partial charge >= 0.3 is 11.9 Å². The molecular weight excluding hydrogens is 568 g/mol. The molecule has 9 nitrogen and oxygen atoms in total. The van der Waals surface area contributed by atoms with Crippen LogP contribution in [0.25, 0.3) is 17.4 Å². The molecule has 0 bridgehead atoms. The second-order valence-corrected chi connectivity index (χ2v) is 10.6. The highest BCUT2D eigenvalue weighted by molar-refractivity contribution is 7.07. The van der Waals surface area contributed by atoms with E-state index in [2.05, 4.69) is 4.99 Å². The zero-order valence-corrected chi connectivity index (χ0v) is 23.9. The summed E-state index contributed by atoms with van der Waals surface area (Å²) in [6.07, 6.45) is 2.38. The van der Waals surface area contributed by atoms with Crippen LogP contribution in [0.1, 0.15) is 48.0 Å². The number of rotatable bonds is 8. The molecule has 2 aromatic heterocycles. The van der Waals surface area contributed by atoms with Crippen LogP contribution in [-0.4, -0.2) is 35.3 Å². The number of para-hydroxylation sites is 1. The Kier molecular flexibility index (Phi) is 7.96. The number of benzene rings is 2. The van der Waals surface area contributed by atoms with Gasteiger partial charge in [-0.3, -0.25) is 9.36 Å². The van der Waals surface area contributed by atoms with Gasteiger partial charge in [0.2, 0.25) is 0 Å². The summed E-state index contributed by atoms with van der Waals surface area (Å²) < 4.78 is 18.8. The summed E-state index contributed by atoms with van der Waals surface area (Å²) in [4.78, 5) is 43.3. The van der Waals surface area contributed by atoms with Crippen LogP contribution in [0.3, 0.4) is 0 Å². The van der Waals surface area contributed by atoms with E-state index in [1.165, 1.54) is 23.8 Å². The fraction of sp³-hybridized carbons (Fsp3) is 0.200. The number of aromatic carboxylic acids is 1. The zero-order chi connectivity index (χ0) is 29.3. The number of aromatic nitrogens is 1. The molecule has 2 aromatic carbocycles. The van der Waals surface area contributed by atoms with Crippen molar-refractivity contribution in [3.05, 3.63) is 107 Å². The molecule has 0 unspecified atom stereocenters. The lowest BCUT2D eigenvalue weighted by Gasteiger charge is -2.26. The molecular formula is C30H25ClN2O7S. The third-order valence-electron chi connectivity index (χ3n) is 6.48. The van der Waals surface area contributed by atoms with E-state index < -0.39 is 18.0 Å². The Bertz CT molecular complexity index is 1880. The molecule has 0 aliphatic carbocycles. The Morgan fingerprint density at radius 1 is 1.20 bits per heavy atom. The number of furan rings is 1. The SMILES string of the molecule is CCCOc1ccccc1[C@@H]1C(C(=O)OC)=C(C)N=c2s/c(=C/c3ccc(-c4ccc(Cl)c(C(=O)O)c4)o3)c(=O)n21. The lowest BCUT2D eigenvalue weighted by Crippen LogP contribution is -2.40. The number of nitrogens with zero attached hydrogens (tertiary/aromatic N) is 2. The van der Waals surface area contributed by atoms with Crippen LogP contribution in [0.4, 0.5) is 0 Å². The number of methoxy groups -OCH3 is 1. The first-order chi connectivity index (χ1) is 19.7. The number of thiazole rings is 1. The molecule has 0 saturated heterocycles. The van der Waals surface area contributed by atoms with Gasteiger partial charge in [0, 0.05) is 17.2 Å². The van der Waals surface area contributed by atoms with Crippen molar-refractivity contribution in [3.63, 3.8) is 0 Å². The number of carboxylic acids is 1. The second-order valence-electron chi connectivity index (χ2n) is 9.16. The van der Waals surface area contributed by atoms with Crippen LogP contribution in [0.2, 0.25) is 5.02 Å². The molecule has 3 heterocycles. The molecule has 41 heavy (non-hydrogen) atoms. The summed E-state index contributed by atoms with van der Waals surface area (Å²) in [5.41, 5.74) is 1.44. The van der Waals surface area contributed by atoms with Crippen LogP contribution in [0, 0.1) is 0 Å². The van der Waals surface area contributed by atoms with Crippen molar-refractivity contribution in [1.82, 2.24) is 4.57 Å². The highest BCUT2D eigenvalue weighted by Crippen LogP contribution is 2.36. The van der Waals surface area contributed by atoms with Crippen molar-refractivity contribution >= 4 is 41.0 Å². The first-order valence-corrected chi connectivity index (χ1v) is 13.9. The van der Waals surface area contributed by atoms with Crippen molar-refractivity contribution in [2.24, 2.45) is 4.99 Å². The molecule has 0 amide bonds. The predicted octanol–water partition coefficient (Wildman–Crippen LogP) is 4.81. The van der Waals surface area contributed by atoms with E-state index in [1.807, 2.05) is 31.2 Å². The van der Waals surface area contributed by atoms with E-state index in [9.17, 15) is 19.5 Å². The number of ether oxygens (including phenoxy) is 2. The third-order valence-corrected chi connectivity index (χ3v) is 7.80. The normalized spacial score (nSPS) is 14.9. The number of allylic oxidation sites excluding steroid dienone is 1. The topological polar surface area (TPSA) is 120 Å². The maximum atomic E-state index is 13.9. The Morgan fingerprint density at radius 3 is 2.71 bits per heavy atom. The van der Waals surface area contributed by atoms with Crippen molar-refractivity contribution < 1.29 is 28.6 Å². The Labute approximate surface area is 243 Å². The Balaban J connectivity index is 1.63. The van der Waals surface area contributed by atoms with Crippen LogP contribution < -0.4 is 19.6 Å². The molecule has 0 spiro atoms. The van der Waals surface area contributed by atoms with Crippen molar-refractivity contribution in [1.29, 1.82) is 0 Å². The summed E-state index contributed by atoms with van der Waals surface area (Å²) in [6, 6.07) is 14.4. The smallest absolute Gasteiger partial charge is 0.338 e. The molecule has 0 radical (unpaired) electrons. The molecule has 210 valence electrons. The quantitative estimate of drug-likeness (QED) is 0.292. The molecule has 0 saturated carbocycles. The molecule has 1 aliphatic rings. The van der Waals surface area contributed by atoms with Gasteiger partial charge in [0.05, 0.1) is 40.1 Å². The summed E-state index contributed by atoms with van der Waals surface area (Å²) in [5.74, 6) is -0.390. The summed E-state index contributed by atoms with van der Waals surface area (Å²) in [5, 5.41) is 9.51. The molecule has 4 aromatic rings. The van der Waals surface area contributed by atoms with Gasteiger partial charge in [0.1, 0.15) is 23.3 Å². The predicted molar refractivity (Wildman–Crippen MR) is 154 cm³/mol. The zero-order valence-electron chi connectivity index (χ0n) is 22.3. The molecule has 1 N–H and O–H groups in total. The first-order valence-electron chi connectivity index (χ1n) is 12.7. The average Bonchev–Trinajstić information content (AvgIpc) is 3.55. The van der Waals surface area contributed by atoms with E-state index in [1.54, 1.807) is 31.2 Å². The summed E-state index contributed by atoms with van der Waals surface area (Å²) in [7, 11) is 1.29. The maximum absolute atomic E-state index is 13.9. The third kappa shape index (κ3) is 5.36. The van der Waals surface area contributed by atoms with E-state index in [-0.39, 0.29) is 21.7 Å². The maximum Gasteiger partial charge on any atom is 0.338 e. The van der Waals surface area contributed by atoms with Crippen molar-refractivity contribution in [2.45, 2.75) is 26.3 Å². The van der Waals surface area contributed by atoms with E-state index in [0.717, 1.165) is 17.8 Å². The van der Waals surface area contributed by atoms with Gasteiger partial charge in [-0.1, -0.05) is 48.1 Å². The van der Waals surface area contributed by atoms with Gasteiger partial charge in [0.15, 0.2) is 4.80 Å². The highest BCUT2D eigenvalue weighted by atomic mass is 35.5. The highest BCUT2D eigenvalue weighted by Gasteiger charge is 2.34. The fourth-order valence-electron chi connectivity index (χ4n) is 4.59. The minimum Gasteiger partial charge on any atom is -0.493 e. The number of halogens is 1. The number of esters is 1. The van der Waals surface area contributed by atoms with E-state index in [0.29, 0.717) is 50.0 Å². The lowest BCUT2D eigenvalue weighted by molar-refractivity contribution is -0.136. The Morgan fingerprint density at radius 2 is 1.98 bits per heavy atom. The number of fused-ring (bicyclic) bond motifs is 1. The van der Waals surface area contributed by atoms with Gasteiger partial charge < -0.3 is 19.0 Å². The van der Waals surface area contributed by atoms with Crippen molar-refractivity contribution in [3.8, 4) is 17.1 Å². The second kappa shape index (κ2) is 11.6. The summed E-state index contributed by atoms with van der Waals surface area (Å²) >= 11 is 7.16. The van der Waals surface area contributed by atoms with Gasteiger partial charge in [-0.05, 0) is 49.7 Å². The van der Waals surface area contributed by atoms with Crippen molar-refractivity contribution in [2.75, 3.05) is 13.7 Å². The number of carboxylic acid groups (broad SMARTS) is 1. The van der Waals surface area contributed by atoms with Crippen LogP contribution in [0.15, 0.2) is 80.1 Å². The molecule has 1 atom stereocenters. The fourth-order valence-corrected chi connectivity index (χ4v) is 5.82. The van der Waals surface area contributed by atoms with Gasteiger partial charge in [-0.25, -0.2) is 14.6 Å². The molecule has 1 aliphatic heterocycles. The number of hydrogen-bond donors (Lipinski definition) is 1. The molecule has 11 heteroatoms. The Hall–Kier alpha value is -4.41.